The monoisotopic (exact) mass is 318 g/mol. The van der Waals surface area contributed by atoms with Crippen molar-refractivity contribution in [3.05, 3.63) is 29.8 Å². The van der Waals surface area contributed by atoms with Gasteiger partial charge in [0.05, 0.1) is 5.92 Å². The van der Waals surface area contributed by atoms with Crippen LogP contribution in [-0.2, 0) is 9.59 Å². The van der Waals surface area contributed by atoms with Gasteiger partial charge in [0.2, 0.25) is 5.91 Å². The third-order valence-corrected chi connectivity index (χ3v) is 4.01. The molecule has 0 aliphatic carbocycles. The van der Waals surface area contributed by atoms with Crippen LogP contribution in [0.4, 0.5) is 5.69 Å². The standard InChI is InChI=1S/C17H22N2O4/c1-3-15(20)18-14-6-4-5-12(8-14)16(21)19-9-11(2)7-13(10-19)17(22)23/h4-6,8,11,13H,3,7,9-10H2,1-2H3,(H,18,20)(H,22,23). The van der Waals surface area contributed by atoms with Crippen molar-refractivity contribution < 1.29 is 19.5 Å². The number of benzene rings is 1. The summed E-state index contributed by atoms with van der Waals surface area (Å²) < 4.78 is 0. The molecule has 0 bridgehead atoms. The molecule has 6 nitrogen and oxygen atoms in total. The van der Waals surface area contributed by atoms with E-state index in [1.165, 1.54) is 0 Å². The van der Waals surface area contributed by atoms with Gasteiger partial charge in [0.1, 0.15) is 0 Å². The Morgan fingerprint density at radius 1 is 1.30 bits per heavy atom. The molecular formula is C17H22N2O4. The van der Waals surface area contributed by atoms with Gasteiger partial charge in [-0.3, -0.25) is 14.4 Å². The summed E-state index contributed by atoms with van der Waals surface area (Å²) in [6.07, 6.45) is 0.952. The quantitative estimate of drug-likeness (QED) is 0.891. The largest absolute Gasteiger partial charge is 0.481 e. The summed E-state index contributed by atoms with van der Waals surface area (Å²) in [4.78, 5) is 36.9. The third kappa shape index (κ3) is 4.31. The van der Waals surface area contributed by atoms with E-state index in [-0.39, 0.29) is 24.3 Å². The van der Waals surface area contributed by atoms with Crippen LogP contribution in [-0.4, -0.2) is 40.9 Å². The van der Waals surface area contributed by atoms with Crippen molar-refractivity contribution in [1.29, 1.82) is 0 Å². The Bertz CT molecular complexity index is 614. The number of carbonyl (C=O) groups is 3. The first-order chi connectivity index (χ1) is 10.9. The Balaban J connectivity index is 2.14. The number of carbonyl (C=O) groups excluding carboxylic acids is 2. The maximum absolute atomic E-state index is 12.6. The van der Waals surface area contributed by atoms with Crippen molar-refractivity contribution in [2.24, 2.45) is 11.8 Å². The van der Waals surface area contributed by atoms with Crippen LogP contribution in [0.3, 0.4) is 0 Å². The molecule has 1 saturated heterocycles. The zero-order valence-corrected chi connectivity index (χ0v) is 13.4. The third-order valence-electron chi connectivity index (χ3n) is 4.01. The summed E-state index contributed by atoms with van der Waals surface area (Å²) >= 11 is 0. The highest BCUT2D eigenvalue weighted by molar-refractivity contribution is 5.97. The summed E-state index contributed by atoms with van der Waals surface area (Å²) in [5, 5.41) is 11.9. The topological polar surface area (TPSA) is 86.7 Å². The molecule has 0 radical (unpaired) electrons. The number of hydrogen-bond donors (Lipinski definition) is 2. The van der Waals surface area contributed by atoms with E-state index >= 15 is 0 Å². The molecule has 23 heavy (non-hydrogen) atoms. The average Bonchev–Trinajstić information content (AvgIpc) is 2.53. The van der Waals surface area contributed by atoms with Crippen LogP contribution in [0.1, 0.15) is 37.0 Å². The lowest BCUT2D eigenvalue weighted by Gasteiger charge is -2.34. The Morgan fingerprint density at radius 3 is 2.70 bits per heavy atom. The first kappa shape index (κ1) is 17.0. The first-order valence-electron chi connectivity index (χ1n) is 7.82. The zero-order chi connectivity index (χ0) is 17.0. The fourth-order valence-electron chi connectivity index (χ4n) is 2.86. The van der Waals surface area contributed by atoms with Gasteiger partial charge in [0, 0.05) is 30.8 Å². The van der Waals surface area contributed by atoms with Crippen LogP contribution in [0.25, 0.3) is 0 Å². The summed E-state index contributed by atoms with van der Waals surface area (Å²) in [6, 6.07) is 6.74. The molecule has 1 heterocycles. The number of carboxylic acid groups (broad SMARTS) is 1. The molecule has 0 spiro atoms. The molecule has 124 valence electrons. The summed E-state index contributed by atoms with van der Waals surface area (Å²) in [5.41, 5.74) is 1.03. The minimum absolute atomic E-state index is 0.118. The number of rotatable bonds is 4. The second kappa shape index (κ2) is 7.26. The Morgan fingerprint density at radius 2 is 2.04 bits per heavy atom. The van der Waals surface area contributed by atoms with Gasteiger partial charge >= 0.3 is 5.97 Å². The molecule has 2 rings (SSSR count). The van der Waals surface area contributed by atoms with E-state index in [1.807, 2.05) is 6.92 Å². The highest BCUT2D eigenvalue weighted by Crippen LogP contribution is 2.24. The van der Waals surface area contributed by atoms with Crippen LogP contribution in [0.2, 0.25) is 0 Å². The molecule has 1 aliphatic rings. The smallest absolute Gasteiger partial charge is 0.308 e. The zero-order valence-electron chi connectivity index (χ0n) is 13.4. The van der Waals surface area contributed by atoms with Crippen LogP contribution < -0.4 is 5.32 Å². The number of hydrogen-bond acceptors (Lipinski definition) is 3. The first-order valence-corrected chi connectivity index (χ1v) is 7.82. The van der Waals surface area contributed by atoms with E-state index in [2.05, 4.69) is 5.32 Å². The van der Waals surface area contributed by atoms with Gasteiger partial charge in [-0.1, -0.05) is 19.9 Å². The minimum atomic E-state index is -0.863. The second-order valence-corrected chi connectivity index (χ2v) is 6.07. The van der Waals surface area contributed by atoms with E-state index < -0.39 is 11.9 Å². The maximum atomic E-state index is 12.6. The SMILES string of the molecule is CCC(=O)Nc1cccc(C(=O)N2CC(C)CC(C(=O)O)C2)c1. The molecule has 2 unspecified atom stereocenters. The molecule has 1 aromatic rings. The molecule has 0 saturated carbocycles. The number of aliphatic carboxylic acids is 1. The predicted molar refractivity (Wildman–Crippen MR) is 86.2 cm³/mol. The molecule has 2 amide bonds. The molecule has 2 atom stereocenters. The van der Waals surface area contributed by atoms with E-state index in [4.69, 9.17) is 0 Å². The van der Waals surface area contributed by atoms with Gasteiger partial charge in [-0.25, -0.2) is 0 Å². The van der Waals surface area contributed by atoms with E-state index in [1.54, 1.807) is 36.1 Å². The normalized spacial score (nSPS) is 20.9. The van der Waals surface area contributed by atoms with Gasteiger partial charge in [0.25, 0.3) is 5.91 Å². The number of piperidine rings is 1. The fourth-order valence-corrected chi connectivity index (χ4v) is 2.86. The number of amides is 2. The summed E-state index contributed by atoms with van der Waals surface area (Å²) in [6.45, 7) is 4.48. The Hall–Kier alpha value is -2.37. The van der Waals surface area contributed by atoms with Crippen molar-refractivity contribution in [2.45, 2.75) is 26.7 Å². The van der Waals surface area contributed by atoms with Gasteiger partial charge in [-0.2, -0.15) is 0 Å². The van der Waals surface area contributed by atoms with Gasteiger partial charge < -0.3 is 15.3 Å². The lowest BCUT2D eigenvalue weighted by Crippen LogP contribution is -2.45. The number of nitrogens with zero attached hydrogens (tertiary/aromatic N) is 1. The molecule has 2 N–H and O–H groups in total. The summed E-state index contributed by atoms with van der Waals surface area (Å²) in [5.74, 6) is -1.55. The Labute approximate surface area is 135 Å². The van der Waals surface area contributed by atoms with Crippen molar-refractivity contribution in [3.63, 3.8) is 0 Å². The second-order valence-electron chi connectivity index (χ2n) is 6.07. The van der Waals surface area contributed by atoms with Crippen molar-refractivity contribution >= 4 is 23.5 Å². The predicted octanol–water partition coefficient (Wildman–Crippen LogP) is 2.22. The molecule has 1 aliphatic heterocycles. The van der Waals surface area contributed by atoms with Crippen molar-refractivity contribution in [3.8, 4) is 0 Å². The van der Waals surface area contributed by atoms with Crippen molar-refractivity contribution in [1.82, 2.24) is 4.90 Å². The van der Waals surface area contributed by atoms with Crippen molar-refractivity contribution in [2.75, 3.05) is 18.4 Å². The minimum Gasteiger partial charge on any atom is -0.481 e. The number of likely N-dealkylation sites (tertiary alicyclic amines) is 1. The van der Waals surface area contributed by atoms with Gasteiger partial charge in [0.15, 0.2) is 0 Å². The van der Waals surface area contributed by atoms with Crippen LogP contribution in [0, 0.1) is 11.8 Å². The van der Waals surface area contributed by atoms with Crippen LogP contribution in [0.5, 0.6) is 0 Å². The molecular weight excluding hydrogens is 296 g/mol. The lowest BCUT2D eigenvalue weighted by molar-refractivity contribution is -0.143. The fraction of sp³-hybridized carbons (Fsp3) is 0.471. The highest BCUT2D eigenvalue weighted by Gasteiger charge is 2.32. The molecule has 6 heteroatoms. The van der Waals surface area contributed by atoms with E-state index in [9.17, 15) is 19.5 Å². The summed E-state index contributed by atoms with van der Waals surface area (Å²) in [7, 11) is 0. The molecule has 1 aromatic carbocycles. The lowest BCUT2D eigenvalue weighted by atomic mass is 9.90. The molecule has 1 fully saturated rings. The average molecular weight is 318 g/mol. The van der Waals surface area contributed by atoms with Gasteiger partial charge in [-0.05, 0) is 30.5 Å². The molecule has 0 aromatic heterocycles. The number of carboxylic acids is 1. The highest BCUT2D eigenvalue weighted by atomic mass is 16.4. The van der Waals surface area contributed by atoms with E-state index in [0.29, 0.717) is 30.6 Å². The number of anilines is 1. The van der Waals surface area contributed by atoms with Gasteiger partial charge in [-0.15, -0.1) is 0 Å². The van der Waals surface area contributed by atoms with Crippen LogP contribution >= 0.6 is 0 Å². The maximum Gasteiger partial charge on any atom is 0.308 e. The van der Waals surface area contributed by atoms with Crippen LogP contribution in [0.15, 0.2) is 24.3 Å². The number of nitrogens with one attached hydrogen (secondary N) is 1. The van der Waals surface area contributed by atoms with E-state index in [0.717, 1.165) is 0 Å². The Kier molecular flexibility index (Phi) is 5.36.